The Morgan fingerprint density at radius 1 is 0.421 bits per heavy atom. The summed E-state index contributed by atoms with van der Waals surface area (Å²) in [5, 5.41) is 0. The number of fused-ring (bicyclic) bond motifs is 5. The van der Waals surface area contributed by atoms with Crippen molar-refractivity contribution in [3.05, 3.63) is 137 Å². The molecule has 0 N–H and O–H groups in total. The maximum absolute atomic E-state index is 2.76. The van der Waals surface area contributed by atoms with E-state index in [1.54, 1.807) is 11.1 Å². The van der Waals surface area contributed by atoms with E-state index in [0.717, 1.165) is 11.8 Å². The quantitative estimate of drug-likeness (QED) is 0.177. The number of benzene rings is 5. The van der Waals surface area contributed by atoms with Crippen LogP contribution in [0.2, 0.25) is 0 Å². The molecule has 0 atom stereocenters. The molecule has 4 saturated carbocycles. The molecule has 57 heavy (non-hydrogen) atoms. The number of hydrogen-bond donors (Lipinski definition) is 0. The van der Waals surface area contributed by atoms with Crippen LogP contribution in [-0.4, -0.2) is 0 Å². The maximum atomic E-state index is 2.76. The lowest BCUT2D eigenvalue weighted by atomic mass is 9.42. The first-order valence-electron chi connectivity index (χ1n) is 22.6. The van der Waals surface area contributed by atoms with E-state index >= 15 is 0 Å². The van der Waals surface area contributed by atoms with Crippen LogP contribution in [0, 0.1) is 23.7 Å². The molecule has 1 heteroatoms. The van der Waals surface area contributed by atoms with Gasteiger partial charge in [-0.3, -0.25) is 0 Å². The second-order valence-corrected chi connectivity index (χ2v) is 22.3. The van der Waals surface area contributed by atoms with Crippen molar-refractivity contribution in [1.82, 2.24) is 0 Å². The van der Waals surface area contributed by atoms with Gasteiger partial charge < -0.3 is 4.90 Å². The Balaban J connectivity index is 1.21. The van der Waals surface area contributed by atoms with E-state index < -0.39 is 0 Å². The minimum absolute atomic E-state index is 0.0572. The first-order valence-corrected chi connectivity index (χ1v) is 22.6. The van der Waals surface area contributed by atoms with Crippen LogP contribution in [0.15, 0.2) is 103 Å². The van der Waals surface area contributed by atoms with Gasteiger partial charge in [-0.2, -0.15) is 0 Å². The molecule has 4 fully saturated rings. The Morgan fingerprint density at radius 2 is 0.930 bits per heavy atom. The van der Waals surface area contributed by atoms with Crippen molar-refractivity contribution >= 4 is 17.1 Å². The lowest BCUT2D eigenvalue weighted by molar-refractivity contribution is -0.0397. The van der Waals surface area contributed by atoms with Crippen molar-refractivity contribution in [2.45, 2.75) is 140 Å². The summed E-state index contributed by atoms with van der Waals surface area (Å²) in [7, 11) is 0. The molecule has 7 aliphatic rings. The summed E-state index contributed by atoms with van der Waals surface area (Å²) in [5.74, 6) is 3.26. The van der Waals surface area contributed by atoms with Gasteiger partial charge in [0.15, 0.2) is 0 Å². The summed E-state index contributed by atoms with van der Waals surface area (Å²) in [6.07, 6.45) is 11.9. The van der Waals surface area contributed by atoms with Crippen molar-refractivity contribution in [2.24, 2.45) is 23.7 Å². The van der Waals surface area contributed by atoms with E-state index in [1.165, 1.54) is 119 Å². The molecule has 0 heterocycles. The molecule has 0 radical (unpaired) electrons. The maximum Gasteiger partial charge on any atom is 0.0502 e. The third-order valence-corrected chi connectivity index (χ3v) is 17.1. The first kappa shape index (κ1) is 36.0. The lowest BCUT2D eigenvalue weighted by Gasteiger charge is -2.61. The molecule has 1 spiro atoms. The van der Waals surface area contributed by atoms with E-state index in [4.69, 9.17) is 0 Å². The van der Waals surface area contributed by atoms with Gasteiger partial charge in [-0.15, -0.1) is 0 Å². The molecule has 5 aromatic carbocycles. The zero-order valence-electron chi connectivity index (χ0n) is 35.9. The van der Waals surface area contributed by atoms with Crippen molar-refractivity contribution in [3.8, 4) is 22.3 Å². The number of nitrogens with zero attached hydrogens (tertiary/aromatic N) is 1. The first-order chi connectivity index (χ1) is 27.2. The van der Waals surface area contributed by atoms with E-state index in [0.29, 0.717) is 11.8 Å². The molecular weight excluding hydrogens is 687 g/mol. The monoisotopic (exact) mass is 749 g/mol. The second kappa shape index (κ2) is 12.0. The van der Waals surface area contributed by atoms with Crippen LogP contribution >= 0.6 is 0 Å². The Bertz CT molecular complexity index is 2330. The molecule has 1 nitrogen and oxygen atoms in total. The zero-order valence-corrected chi connectivity index (χ0v) is 35.9. The largest absolute Gasteiger partial charge is 0.310 e. The highest BCUT2D eigenvalue weighted by molar-refractivity contribution is 5.93. The van der Waals surface area contributed by atoms with Crippen LogP contribution in [0.5, 0.6) is 0 Å². The lowest BCUT2D eigenvalue weighted by Crippen LogP contribution is -2.55. The molecule has 5 aromatic rings. The zero-order chi connectivity index (χ0) is 39.3. The Morgan fingerprint density at radius 3 is 1.49 bits per heavy atom. The molecular formula is C56H63N. The van der Waals surface area contributed by atoms with E-state index in [1.807, 2.05) is 0 Å². The molecule has 4 bridgehead atoms. The van der Waals surface area contributed by atoms with Crippen molar-refractivity contribution in [1.29, 1.82) is 0 Å². The minimum atomic E-state index is 0.0572. The van der Waals surface area contributed by atoms with Gasteiger partial charge in [0.05, 0.1) is 11.4 Å². The summed E-state index contributed by atoms with van der Waals surface area (Å²) in [4.78, 5) is 2.76. The van der Waals surface area contributed by atoms with Gasteiger partial charge in [-0.1, -0.05) is 134 Å². The minimum Gasteiger partial charge on any atom is -0.310 e. The fourth-order valence-corrected chi connectivity index (χ4v) is 14.4. The standard InChI is InChI=1S/C56H63N/c1-52(2)25-27-54(5,6)50-45(52)19-13-21-47(50)57(48-22-14-20-46-51(48)55(7,8)28-26-53(46,3)4)40-23-24-44-43(34-40)42-18-12-17-41(37-15-10-9-11-16-37)49(42)56(44)38-30-35-29-36(32-38)33-39(56)31-35/h9-24,34-36,38-39H,25-33H2,1-8H3. The summed E-state index contributed by atoms with van der Waals surface area (Å²) in [6, 6.07) is 41.2. The van der Waals surface area contributed by atoms with Gasteiger partial charge >= 0.3 is 0 Å². The van der Waals surface area contributed by atoms with Crippen LogP contribution in [0.1, 0.15) is 147 Å². The summed E-state index contributed by atoms with van der Waals surface area (Å²) < 4.78 is 0. The fourth-order valence-electron chi connectivity index (χ4n) is 14.4. The van der Waals surface area contributed by atoms with Crippen molar-refractivity contribution < 1.29 is 0 Å². The van der Waals surface area contributed by atoms with Gasteiger partial charge in [-0.25, -0.2) is 0 Å². The second-order valence-electron chi connectivity index (χ2n) is 22.3. The predicted molar refractivity (Wildman–Crippen MR) is 240 cm³/mol. The van der Waals surface area contributed by atoms with Crippen LogP contribution in [0.4, 0.5) is 17.1 Å². The SMILES string of the molecule is CC1(C)CCC(C)(C)c2c(N(c3ccc4c(c3)-c3cccc(-c5ccccc5)c3C43C4CC5CC(C4)CC3C5)c3cccc4c3C(C)(C)CCC4(C)C)cccc21. The van der Waals surface area contributed by atoms with E-state index in [-0.39, 0.29) is 27.1 Å². The Hall–Kier alpha value is -4.10. The average molecular weight is 750 g/mol. The van der Waals surface area contributed by atoms with E-state index in [2.05, 4.69) is 163 Å². The molecule has 7 aliphatic carbocycles. The van der Waals surface area contributed by atoms with Crippen LogP contribution in [-0.2, 0) is 27.1 Å². The highest BCUT2D eigenvalue weighted by Gasteiger charge is 2.62. The highest BCUT2D eigenvalue weighted by Crippen LogP contribution is 2.71. The van der Waals surface area contributed by atoms with Crippen molar-refractivity contribution in [2.75, 3.05) is 4.90 Å². The van der Waals surface area contributed by atoms with Gasteiger partial charge in [0.25, 0.3) is 0 Å². The van der Waals surface area contributed by atoms with Crippen LogP contribution in [0.3, 0.4) is 0 Å². The summed E-state index contributed by atoms with van der Waals surface area (Å²) in [5.41, 5.74) is 19.8. The number of hydrogen-bond acceptors (Lipinski definition) is 1. The predicted octanol–water partition coefficient (Wildman–Crippen LogP) is 15.2. The third-order valence-electron chi connectivity index (χ3n) is 17.1. The molecule has 0 saturated heterocycles. The summed E-state index contributed by atoms with van der Waals surface area (Å²) in [6.45, 7) is 20.0. The Labute approximate surface area is 343 Å². The number of anilines is 3. The van der Waals surface area contributed by atoms with Gasteiger partial charge in [0.2, 0.25) is 0 Å². The Kier molecular flexibility index (Phi) is 7.58. The molecule has 0 amide bonds. The number of rotatable bonds is 4. The topological polar surface area (TPSA) is 3.24 Å². The molecule has 292 valence electrons. The van der Waals surface area contributed by atoms with Gasteiger partial charge in [0, 0.05) is 11.1 Å². The van der Waals surface area contributed by atoms with E-state index in [9.17, 15) is 0 Å². The molecule has 0 aliphatic heterocycles. The normalized spacial score (nSPS) is 28.7. The smallest absolute Gasteiger partial charge is 0.0502 e. The molecule has 0 unspecified atom stereocenters. The van der Waals surface area contributed by atoms with Gasteiger partial charge in [-0.05, 0) is 183 Å². The van der Waals surface area contributed by atoms with Crippen LogP contribution in [0.25, 0.3) is 22.3 Å². The third kappa shape index (κ3) is 4.99. The average Bonchev–Trinajstić information content (AvgIpc) is 3.48. The molecule has 12 rings (SSSR count). The van der Waals surface area contributed by atoms with Crippen LogP contribution < -0.4 is 4.90 Å². The fraction of sp³-hybridized carbons (Fsp3) is 0.464. The summed E-state index contributed by atoms with van der Waals surface area (Å²) >= 11 is 0. The highest BCUT2D eigenvalue weighted by atomic mass is 15.2. The van der Waals surface area contributed by atoms with Crippen molar-refractivity contribution in [3.63, 3.8) is 0 Å². The molecule has 0 aromatic heterocycles. The van der Waals surface area contributed by atoms with Gasteiger partial charge in [0.1, 0.15) is 0 Å².